The summed E-state index contributed by atoms with van der Waals surface area (Å²) in [5.41, 5.74) is 1.86. The van der Waals surface area contributed by atoms with Gasteiger partial charge in [-0.05, 0) is 61.0 Å². The Morgan fingerprint density at radius 2 is 1.78 bits per heavy atom. The van der Waals surface area contributed by atoms with E-state index in [9.17, 15) is 4.79 Å². The number of carbonyl (C=O) groups is 1. The van der Waals surface area contributed by atoms with Crippen LogP contribution >= 0.6 is 11.6 Å². The first-order chi connectivity index (χ1) is 11.1. The number of amides is 1. The Morgan fingerprint density at radius 3 is 2.48 bits per heavy atom. The van der Waals surface area contributed by atoms with Crippen molar-refractivity contribution in [3.8, 4) is 11.3 Å². The molecule has 1 atom stereocenters. The quantitative estimate of drug-likeness (QED) is 0.768. The molecule has 23 heavy (non-hydrogen) atoms. The summed E-state index contributed by atoms with van der Waals surface area (Å²) in [4.78, 5) is 16.3. The van der Waals surface area contributed by atoms with Gasteiger partial charge >= 0.3 is 0 Å². The molecule has 0 aliphatic rings. The van der Waals surface area contributed by atoms with Gasteiger partial charge in [0.15, 0.2) is 5.76 Å². The molecule has 1 amide bonds. The molecule has 0 fully saturated rings. The summed E-state index contributed by atoms with van der Waals surface area (Å²) >= 11 is 5.87. The minimum Gasteiger partial charge on any atom is -0.451 e. The van der Waals surface area contributed by atoms with Crippen LogP contribution in [0.25, 0.3) is 11.3 Å². The molecule has 3 rings (SSSR count). The standard InChI is InChI=1S/C18H15ClN2O2/c1-12(13-8-10-20-11-9-13)21-18(22)17-7-6-16(23-17)14-2-4-15(19)5-3-14/h2-12H,1H3,(H,21,22). The summed E-state index contributed by atoms with van der Waals surface area (Å²) in [6.07, 6.45) is 3.40. The lowest BCUT2D eigenvalue weighted by atomic mass is 10.1. The van der Waals surface area contributed by atoms with Crippen LogP contribution in [0.1, 0.15) is 29.1 Å². The number of benzene rings is 1. The molecule has 116 valence electrons. The minimum absolute atomic E-state index is 0.130. The number of nitrogens with zero attached hydrogens (tertiary/aromatic N) is 1. The molecule has 0 radical (unpaired) electrons. The van der Waals surface area contributed by atoms with Gasteiger partial charge < -0.3 is 9.73 Å². The SMILES string of the molecule is CC(NC(=O)c1ccc(-c2ccc(Cl)cc2)o1)c1ccncc1. The highest BCUT2D eigenvalue weighted by molar-refractivity contribution is 6.30. The van der Waals surface area contributed by atoms with Gasteiger partial charge in [-0.25, -0.2) is 0 Å². The maximum atomic E-state index is 12.3. The summed E-state index contributed by atoms with van der Waals surface area (Å²) in [6, 6.07) is 14.3. The van der Waals surface area contributed by atoms with Crippen molar-refractivity contribution in [3.63, 3.8) is 0 Å². The molecule has 5 heteroatoms. The van der Waals surface area contributed by atoms with Crippen LogP contribution in [0.4, 0.5) is 0 Å². The molecule has 0 saturated heterocycles. The highest BCUT2D eigenvalue weighted by Crippen LogP contribution is 2.24. The van der Waals surface area contributed by atoms with E-state index in [1.807, 2.05) is 31.2 Å². The second-order valence-electron chi connectivity index (χ2n) is 5.15. The van der Waals surface area contributed by atoms with Crippen molar-refractivity contribution < 1.29 is 9.21 Å². The van der Waals surface area contributed by atoms with E-state index in [0.717, 1.165) is 11.1 Å². The first-order valence-electron chi connectivity index (χ1n) is 7.20. The van der Waals surface area contributed by atoms with Gasteiger partial charge in [-0.15, -0.1) is 0 Å². The van der Waals surface area contributed by atoms with Gasteiger partial charge in [0.2, 0.25) is 0 Å². The average Bonchev–Trinajstić information content (AvgIpc) is 3.06. The molecule has 0 aliphatic carbocycles. The van der Waals surface area contributed by atoms with Crippen molar-refractivity contribution in [2.24, 2.45) is 0 Å². The lowest BCUT2D eigenvalue weighted by Crippen LogP contribution is -2.26. The van der Waals surface area contributed by atoms with Crippen LogP contribution in [0, 0.1) is 0 Å². The van der Waals surface area contributed by atoms with Gasteiger partial charge in [-0.3, -0.25) is 9.78 Å². The van der Waals surface area contributed by atoms with Crippen LogP contribution in [0.2, 0.25) is 5.02 Å². The fourth-order valence-electron chi connectivity index (χ4n) is 2.23. The third-order valence-electron chi connectivity index (χ3n) is 3.51. The average molecular weight is 327 g/mol. The van der Waals surface area contributed by atoms with Crippen LogP contribution in [0.5, 0.6) is 0 Å². The zero-order chi connectivity index (χ0) is 16.2. The second kappa shape index (κ2) is 6.67. The number of furan rings is 1. The monoisotopic (exact) mass is 326 g/mol. The Balaban J connectivity index is 1.72. The second-order valence-corrected chi connectivity index (χ2v) is 5.58. The third-order valence-corrected chi connectivity index (χ3v) is 3.76. The molecule has 0 spiro atoms. The number of halogens is 1. The number of pyridine rings is 1. The van der Waals surface area contributed by atoms with Gasteiger partial charge in [-0.1, -0.05) is 11.6 Å². The number of hydrogen-bond donors (Lipinski definition) is 1. The van der Waals surface area contributed by atoms with Gasteiger partial charge in [0.1, 0.15) is 5.76 Å². The first kappa shape index (κ1) is 15.3. The van der Waals surface area contributed by atoms with E-state index in [4.69, 9.17) is 16.0 Å². The molecule has 0 saturated carbocycles. The lowest BCUT2D eigenvalue weighted by molar-refractivity contribution is 0.0912. The highest BCUT2D eigenvalue weighted by atomic mass is 35.5. The van der Waals surface area contributed by atoms with E-state index in [1.165, 1.54) is 0 Å². The summed E-state index contributed by atoms with van der Waals surface area (Å²) in [5, 5.41) is 3.56. The molecule has 2 heterocycles. The van der Waals surface area contributed by atoms with E-state index in [2.05, 4.69) is 10.3 Å². The Hall–Kier alpha value is -2.59. The topological polar surface area (TPSA) is 55.1 Å². The largest absolute Gasteiger partial charge is 0.451 e. The molecule has 1 N–H and O–H groups in total. The third kappa shape index (κ3) is 3.60. The maximum absolute atomic E-state index is 12.3. The zero-order valence-electron chi connectivity index (χ0n) is 12.5. The van der Waals surface area contributed by atoms with Crippen molar-refractivity contribution in [2.75, 3.05) is 0 Å². The van der Waals surface area contributed by atoms with Gasteiger partial charge in [0, 0.05) is 23.0 Å². The Morgan fingerprint density at radius 1 is 1.09 bits per heavy atom. The van der Waals surface area contributed by atoms with E-state index in [0.29, 0.717) is 10.8 Å². The molecule has 0 bridgehead atoms. The fourth-order valence-corrected chi connectivity index (χ4v) is 2.36. The fraction of sp³-hybridized carbons (Fsp3) is 0.111. The molecular weight excluding hydrogens is 312 g/mol. The molecule has 3 aromatic rings. The Bertz CT molecular complexity index is 797. The van der Waals surface area contributed by atoms with Crippen LogP contribution in [-0.2, 0) is 0 Å². The smallest absolute Gasteiger partial charge is 0.287 e. The van der Waals surface area contributed by atoms with Crippen molar-refractivity contribution in [1.82, 2.24) is 10.3 Å². The number of hydrogen-bond acceptors (Lipinski definition) is 3. The van der Waals surface area contributed by atoms with Gasteiger partial charge in [-0.2, -0.15) is 0 Å². The van der Waals surface area contributed by atoms with E-state index in [1.54, 1.807) is 36.7 Å². The van der Waals surface area contributed by atoms with Crippen LogP contribution in [-0.4, -0.2) is 10.9 Å². The Labute approximate surface area is 139 Å². The van der Waals surface area contributed by atoms with E-state index in [-0.39, 0.29) is 17.7 Å². The normalized spacial score (nSPS) is 11.9. The van der Waals surface area contributed by atoms with Crippen molar-refractivity contribution in [3.05, 3.63) is 77.3 Å². The molecule has 4 nitrogen and oxygen atoms in total. The minimum atomic E-state index is -0.255. The predicted molar refractivity (Wildman–Crippen MR) is 89.3 cm³/mol. The van der Waals surface area contributed by atoms with Crippen LogP contribution < -0.4 is 5.32 Å². The predicted octanol–water partition coefficient (Wildman–Crippen LogP) is 4.49. The molecule has 2 aromatic heterocycles. The van der Waals surface area contributed by atoms with Crippen LogP contribution in [0.3, 0.4) is 0 Å². The van der Waals surface area contributed by atoms with Crippen LogP contribution in [0.15, 0.2) is 65.3 Å². The van der Waals surface area contributed by atoms with Crippen molar-refractivity contribution in [1.29, 1.82) is 0 Å². The summed E-state index contributed by atoms with van der Waals surface area (Å²) in [6.45, 7) is 1.91. The summed E-state index contributed by atoms with van der Waals surface area (Å²) in [5.74, 6) is 0.647. The number of carbonyl (C=O) groups excluding carboxylic acids is 1. The zero-order valence-corrected chi connectivity index (χ0v) is 13.2. The molecule has 1 unspecified atom stereocenters. The summed E-state index contributed by atoms with van der Waals surface area (Å²) in [7, 11) is 0. The molecule has 0 aliphatic heterocycles. The maximum Gasteiger partial charge on any atom is 0.287 e. The van der Waals surface area contributed by atoms with Gasteiger partial charge in [0.25, 0.3) is 5.91 Å². The molecular formula is C18H15ClN2O2. The van der Waals surface area contributed by atoms with E-state index < -0.39 is 0 Å². The van der Waals surface area contributed by atoms with Crippen molar-refractivity contribution >= 4 is 17.5 Å². The van der Waals surface area contributed by atoms with Gasteiger partial charge in [0.05, 0.1) is 6.04 Å². The van der Waals surface area contributed by atoms with E-state index >= 15 is 0 Å². The lowest BCUT2D eigenvalue weighted by Gasteiger charge is -2.12. The number of aromatic nitrogens is 1. The number of nitrogens with one attached hydrogen (secondary N) is 1. The Kier molecular flexibility index (Phi) is 4.44. The molecule has 1 aromatic carbocycles. The van der Waals surface area contributed by atoms with Crippen molar-refractivity contribution in [2.45, 2.75) is 13.0 Å². The first-order valence-corrected chi connectivity index (χ1v) is 7.58. The summed E-state index contributed by atoms with van der Waals surface area (Å²) < 4.78 is 5.64. The highest BCUT2D eigenvalue weighted by Gasteiger charge is 2.15. The number of rotatable bonds is 4.